The average molecular weight is 437 g/mol. The fraction of sp³-hybridized carbons (Fsp3) is 0.273. The number of nitrogens with one attached hydrogen (secondary N) is 1. The van der Waals surface area contributed by atoms with Gasteiger partial charge in [-0.2, -0.15) is 13.2 Å². The fourth-order valence-corrected chi connectivity index (χ4v) is 2.63. The van der Waals surface area contributed by atoms with Crippen molar-refractivity contribution >= 4 is 18.0 Å². The number of halogens is 3. The molecule has 166 valence electrons. The Hall–Kier alpha value is -3.49. The maximum Gasteiger partial charge on any atom is 0.416 e. The van der Waals surface area contributed by atoms with Crippen molar-refractivity contribution in [2.45, 2.75) is 32.7 Å². The Morgan fingerprint density at radius 3 is 2.29 bits per heavy atom. The molecule has 0 aliphatic rings. The van der Waals surface area contributed by atoms with Gasteiger partial charge < -0.3 is 19.9 Å². The SMILES string of the molecule is COc1ccc(/C=C(/OC(C)C)C(=O)O)cc1C(=O)NCc1ccc(C(F)(F)F)cc1. The lowest BCUT2D eigenvalue weighted by molar-refractivity contribution is -0.138. The minimum Gasteiger partial charge on any atom is -0.496 e. The predicted molar refractivity (Wildman–Crippen MR) is 107 cm³/mol. The minimum absolute atomic E-state index is 0.00295. The molecule has 0 saturated carbocycles. The molecule has 2 aromatic carbocycles. The monoisotopic (exact) mass is 437 g/mol. The summed E-state index contributed by atoms with van der Waals surface area (Å²) < 4.78 is 48.4. The molecule has 0 aliphatic heterocycles. The Bertz CT molecular complexity index is 966. The van der Waals surface area contributed by atoms with Crippen molar-refractivity contribution in [2.24, 2.45) is 0 Å². The molecule has 0 spiro atoms. The first-order chi connectivity index (χ1) is 14.5. The smallest absolute Gasteiger partial charge is 0.416 e. The fourth-order valence-electron chi connectivity index (χ4n) is 2.63. The number of alkyl halides is 3. The van der Waals surface area contributed by atoms with Crippen LogP contribution in [0.15, 0.2) is 48.2 Å². The van der Waals surface area contributed by atoms with Gasteiger partial charge >= 0.3 is 12.1 Å². The van der Waals surface area contributed by atoms with Crippen LogP contribution >= 0.6 is 0 Å². The molecule has 2 N–H and O–H groups in total. The van der Waals surface area contributed by atoms with Crippen molar-refractivity contribution in [1.82, 2.24) is 5.32 Å². The molecule has 1 amide bonds. The molecule has 0 aromatic heterocycles. The number of carboxylic acid groups (broad SMARTS) is 1. The molecule has 0 bridgehead atoms. The highest BCUT2D eigenvalue weighted by Gasteiger charge is 2.29. The second-order valence-electron chi connectivity index (χ2n) is 6.82. The van der Waals surface area contributed by atoms with Crippen molar-refractivity contribution in [3.05, 3.63) is 70.5 Å². The molecule has 2 aromatic rings. The number of carboxylic acids is 1. The molecular formula is C22H22F3NO5. The van der Waals surface area contributed by atoms with E-state index >= 15 is 0 Å². The summed E-state index contributed by atoms with van der Waals surface area (Å²) in [5.41, 5.74) is 0.243. The lowest BCUT2D eigenvalue weighted by atomic mass is 10.1. The molecule has 0 fully saturated rings. The number of benzene rings is 2. The first-order valence-corrected chi connectivity index (χ1v) is 9.25. The van der Waals surface area contributed by atoms with Gasteiger partial charge in [0.2, 0.25) is 5.76 Å². The summed E-state index contributed by atoms with van der Waals surface area (Å²) in [4.78, 5) is 24.0. The average Bonchev–Trinajstić information content (AvgIpc) is 2.70. The van der Waals surface area contributed by atoms with E-state index in [4.69, 9.17) is 9.47 Å². The number of rotatable bonds is 8. The summed E-state index contributed by atoms with van der Waals surface area (Å²) in [7, 11) is 1.38. The van der Waals surface area contributed by atoms with E-state index in [2.05, 4.69) is 5.32 Å². The summed E-state index contributed by atoms with van der Waals surface area (Å²) in [6.07, 6.45) is -3.50. The van der Waals surface area contributed by atoms with E-state index in [9.17, 15) is 27.9 Å². The van der Waals surface area contributed by atoms with Gasteiger partial charge in [-0.25, -0.2) is 4.79 Å². The van der Waals surface area contributed by atoms with Crippen molar-refractivity contribution in [2.75, 3.05) is 7.11 Å². The lowest BCUT2D eigenvalue weighted by Gasteiger charge is -2.12. The Balaban J connectivity index is 2.21. The molecular weight excluding hydrogens is 415 g/mol. The van der Waals surface area contributed by atoms with Crippen LogP contribution in [0.1, 0.15) is 40.9 Å². The number of aliphatic carboxylic acids is 1. The van der Waals surface area contributed by atoms with Crippen molar-refractivity contribution in [3.8, 4) is 5.75 Å². The normalized spacial score (nSPS) is 11.9. The van der Waals surface area contributed by atoms with Gasteiger partial charge in [-0.3, -0.25) is 4.79 Å². The first kappa shape index (κ1) is 23.8. The number of hydrogen-bond acceptors (Lipinski definition) is 4. The van der Waals surface area contributed by atoms with Gasteiger partial charge in [0.25, 0.3) is 5.91 Å². The second-order valence-corrected chi connectivity index (χ2v) is 6.82. The lowest BCUT2D eigenvalue weighted by Crippen LogP contribution is -2.23. The van der Waals surface area contributed by atoms with Gasteiger partial charge in [-0.15, -0.1) is 0 Å². The summed E-state index contributed by atoms with van der Waals surface area (Å²) in [6, 6.07) is 8.95. The minimum atomic E-state index is -4.43. The molecule has 0 unspecified atom stereocenters. The molecule has 0 radical (unpaired) electrons. The van der Waals surface area contributed by atoms with Crippen LogP contribution in [0.2, 0.25) is 0 Å². The highest BCUT2D eigenvalue weighted by Crippen LogP contribution is 2.29. The maximum atomic E-state index is 12.7. The van der Waals surface area contributed by atoms with Crippen LogP contribution in [0, 0.1) is 0 Å². The van der Waals surface area contributed by atoms with Crippen LogP contribution in [0.4, 0.5) is 13.2 Å². The van der Waals surface area contributed by atoms with E-state index in [0.29, 0.717) is 11.1 Å². The van der Waals surface area contributed by atoms with E-state index in [1.807, 2.05) is 0 Å². The Morgan fingerprint density at radius 2 is 1.77 bits per heavy atom. The summed E-state index contributed by atoms with van der Waals surface area (Å²) in [6.45, 7) is 3.37. The van der Waals surface area contributed by atoms with Crippen LogP contribution in [0.5, 0.6) is 5.75 Å². The van der Waals surface area contributed by atoms with E-state index in [1.54, 1.807) is 19.9 Å². The number of methoxy groups -OCH3 is 1. The maximum absolute atomic E-state index is 12.7. The third-order valence-corrected chi connectivity index (χ3v) is 4.07. The van der Waals surface area contributed by atoms with Crippen LogP contribution in [0.3, 0.4) is 0 Å². The van der Waals surface area contributed by atoms with Crippen LogP contribution < -0.4 is 10.1 Å². The van der Waals surface area contributed by atoms with E-state index < -0.39 is 23.6 Å². The number of carbonyl (C=O) groups excluding carboxylic acids is 1. The zero-order valence-electron chi connectivity index (χ0n) is 17.1. The van der Waals surface area contributed by atoms with Gasteiger partial charge in [-0.05, 0) is 55.3 Å². The van der Waals surface area contributed by atoms with Crippen LogP contribution in [-0.2, 0) is 22.3 Å². The highest BCUT2D eigenvalue weighted by molar-refractivity contribution is 5.98. The summed E-state index contributed by atoms with van der Waals surface area (Å²) in [5, 5.41) is 11.9. The third kappa shape index (κ3) is 6.77. The van der Waals surface area contributed by atoms with Gasteiger partial charge in [0, 0.05) is 6.54 Å². The van der Waals surface area contributed by atoms with E-state index in [0.717, 1.165) is 12.1 Å². The molecule has 9 heteroatoms. The number of amides is 1. The molecule has 0 atom stereocenters. The molecule has 2 rings (SSSR count). The molecule has 6 nitrogen and oxygen atoms in total. The van der Waals surface area contributed by atoms with Crippen LogP contribution in [-0.4, -0.2) is 30.2 Å². The van der Waals surface area contributed by atoms with Gasteiger partial charge in [0.05, 0.1) is 24.3 Å². The van der Waals surface area contributed by atoms with Gasteiger partial charge in [0.15, 0.2) is 0 Å². The van der Waals surface area contributed by atoms with Gasteiger partial charge in [-0.1, -0.05) is 18.2 Å². The number of ether oxygens (including phenoxy) is 2. The van der Waals surface area contributed by atoms with E-state index in [1.165, 1.54) is 37.5 Å². The molecule has 0 heterocycles. The van der Waals surface area contributed by atoms with Crippen LogP contribution in [0.25, 0.3) is 6.08 Å². The quantitative estimate of drug-likeness (QED) is 0.469. The third-order valence-electron chi connectivity index (χ3n) is 4.07. The highest BCUT2D eigenvalue weighted by atomic mass is 19.4. The van der Waals surface area contributed by atoms with Crippen molar-refractivity contribution in [3.63, 3.8) is 0 Å². The largest absolute Gasteiger partial charge is 0.496 e. The Kier molecular flexibility index (Phi) is 7.68. The number of carbonyl (C=O) groups is 2. The predicted octanol–water partition coefficient (Wildman–Crippen LogP) is 4.49. The standard InChI is InChI=1S/C22H22F3NO5/c1-13(2)31-19(21(28)29)11-15-6-9-18(30-3)17(10-15)20(27)26-12-14-4-7-16(8-5-14)22(23,24)25/h4-11,13H,12H2,1-3H3,(H,26,27)(H,28,29)/b19-11+. The summed E-state index contributed by atoms with van der Waals surface area (Å²) in [5.74, 6) is -1.81. The molecule has 0 aliphatic carbocycles. The summed E-state index contributed by atoms with van der Waals surface area (Å²) >= 11 is 0. The second kappa shape index (κ2) is 10.0. The molecule has 0 saturated heterocycles. The van der Waals surface area contributed by atoms with Gasteiger partial charge in [0.1, 0.15) is 5.75 Å². The Labute approximate surface area is 177 Å². The Morgan fingerprint density at radius 1 is 1.13 bits per heavy atom. The van der Waals surface area contributed by atoms with Crippen molar-refractivity contribution in [1.29, 1.82) is 0 Å². The zero-order valence-corrected chi connectivity index (χ0v) is 17.1. The topological polar surface area (TPSA) is 84.9 Å². The van der Waals surface area contributed by atoms with Crippen molar-refractivity contribution < 1.29 is 37.3 Å². The van der Waals surface area contributed by atoms with E-state index in [-0.39, 0.29) is 29.7 Å². The molecule has 31 heavy (non-hydrogen) atoms. The number of hydrogen-bond donors (Lipinski definition) is 2. The first-order valence-electron chi connectivity index (χ1n) is 9.25. The zero-order chi connectivity index (χ0) is 23.2.